The molecule has 4 aromatic carbocycles. The fraction of sp³-hybridized carbons (Fsp3) is 0.121. The minimum atomic E-state index is -0.686. The average Bonchev–Trinajstić information content (AvgIpc) is 3.03. The van der Waals surface area contributed by atoms with Crippen LogP contribution in [0.3, 0.4) is 0 Å². The van der Waals surface area contributed by atoms with Gasteiger partial charge in [0.2, 0.25) is 5.91 Å². The Kier molecular flexibility index (Phi) is 11.0. The van der Waals surface area contributed by atoms with Crippen molar-refractivity contribution in [2.75, 3.05) is 24.9 Å². The molecule has 0 heterocycles. The molecule has 0 saturated carbocycles. The minimum absolute atomic E-state index is 0.0433. The number of carbonyl (C=O) groups excluding carboxylic acids is 3. The number of hydrogen-bond acceptors (Lipinski definition) is 6. The number of halogens is 2. The van der Waals surface area contributed by atoms with Crippen LogP contribution in [0.1, 0.15) is 22.8 Å². The maximum absolute atomic E-state index is 14.5. The van der Waals surface area contributed by atoms with E-state index in [1.807, 2.05) is 0 Å². The van der Waals surface area contributed by atoms with Crippen LogP contribution < -0.4 is 25.4 Å². The summed E-state index contributed by atoms with van der Waals surface area (Å²) in [6.07, 6.45) is 1.19. The van der Waals surface area contributed by atoms with Crippen molar-refractivity contribution < 1.29 is 28.2 Å². The molecule has 0 bridgehead atoms. The van der Waals surface area contributed by atoms with Crippen LogP contribution in [0.5, 0.6) is 11.5 Å². The van der Waals surface area contributed by atoms with Gasteiger partial charge in [-0.15, -0.1) is 11.8 Å². The van der Waals surface area contributed by atoms with Crippen LogP contribution in [-0.2, 0) is 9.59 Å². The van der Waals surface area contributed by atoms with Gasteiger partial charge in [-0.1, -0.05) is 35.9 Å². The van der Waals surface area contributed by atoms with Gasteiger partial charge in [0.1, 0.15) is 23.0 Å². The number of hydrogen-bond donors (Lipinski definition) is 3. The molecule has 11 heteroatoms. The number of nitrogens with one attached hydrogen (secondary N) is 3. The molecule has 8 nitrogen and oxygen atoms in total. The molecular formula is C33H29ClFN3O5S. The van der Waals surface area contributed by atoms with Gasteiger partial charge >= 0.3 is 0 Å². The van der Waals surface area contributed by atoms with E-state index in [1.54, 1.807) is 79.7 Å². The molecule has 0 aliphatic carbocycles. The van der Waals surface area contributed by atoms with Crippen LogP contribution in [0.15, 0.2) is 102 Å². The molecule has 3 amide bonds. The lowest BCUT2D eigenvalue weighted by atomic mass is 10.1. The summed E-state index contributed by atoms with van der Waals surface area (Å²) in [5.41, 5.74) is 0.968. The summed E-state index contributed by atoms with van der Waals surface area (Å²) < 4.78 is 25.1. The molecule has 0 aliphatic heterocycles. The quantitative estimate of drug-likeness (QED) is 0.121. The Morgan fingerprint density at radius 1 is 0.886 bits per heavy atom. The van der Waals surface area contributed by atoms with Gasteiger partial charge in [-0.3, -0.25) is 14.4 Å². The number of thioether (sulfide) groups is 1. The van der Waals surface area contributed by atoms with Crippen molar-refractivity contribution in [1.82, 2.24) is 5.32 Å². The third-order valence-electron chi connectivity index (χ3n) is 6.28. The summed E-state index contributed by atoms with van der Waals surface area (Å²) in [6.45, 7) is 1.77. The highest BCUT2D eigenvalue weighted by Gasteiger charge is 2.19. The molecule has 4 rings (SSSR count). The third-order valence-corrected chi connectivity index (χ3v) is 7.72. The molecule has 0 aromatic heterocycles. The van der Waals surface area contributed by atoms with Crippen LogP contribution in [0.4, 0.5) is 15.8 Å². The smallest absolute Gasteiger partial charge is 0.272 e. The molecule has 0 radical (unpaired) electrons. The molecule has 226 valence electrons. The molecule has 0 aliphatic rings. The Bertz CT molecular complexity index is 1660. The zero-order valence-electron chi connectivity index (χ0n) is 24.0. The predicted octanol–water partition coefficient (Wildman–Crippen LogP) is 7.03. The summed E-state index contributed by atoms with van der Waals surface area (Å²) in [5, 5.41) is 7.74. The summed E-state index contributed by atoms with van der Waals surface area (Å²) >= 11 is 7.49. The van der Waals surface area contributed by atoms with E-state index < -0.39 is 22.9 Å². The van der Waals surface area contributed by atoms with Gasteiger partial charge in [0.25, 0.3) is 11.8 Å². The van der Waals surface area contributed by atoms with Crippen LogP contribution in [0, 0.1) is 5.82 Å². The molecule has 4 aromatic rings. The van der Waals surface area contributed by atoms with Crippen molar-refractivity contribution >= 4 is 58.5 Å². The SMILES string of the molecule is COc1ccc(OC)c(NC(=O)C(C)Sc2ccc(NC(=O)/C(=C/c3c(F)cccc3Cl)NC(=O)c3ccccc3)cc2)c1. The van der Waals surface area contributed by atoms with Crippen molar-refractivity contribution in [3.05, 3.63) is 119 Å². The third kappa shape index (κ3) is 8.40. The van der Waals surface area contributed by atoms with Crippen molar-refractivity contribution in [1.29, 1.82) is 0 Å². The summed E-state index contributed by atoms with van der Waals surface area (Å²) in [4.78, 5) is 39.8. The number of rotatable bonds is 11. The van der Waals surface area contributed by atoms with Gasteiger partial charge in [-0.2, -0.15) is 0 Å². The Hall–Kier alpha value is -4.80. The van der Waals surface area contributed by atoms with E-state index in [-0.39, 0.29) is 22.2 Å². The Balaban J connectivity index is 1.46. The van der Waals surface area contributed by atoms with Crippen LogP contribution in [0.2, 0.25) is 5.02 Å². The molecule has 0 fully saturated rings. The number of ether oxygens (including phenoxy) is 2. The van der Waals surface area contributed by atoms with Gasteiger partial charge in [0.05, 0.1) is 30.2 Å². The molecule has 3 N–H and O–H groups in total. The largest absolute Gasteiger partial charge is 0.497 e. The van der Waals surface area contributed by atoms with Crippen molar-refractivity contribution in [2.45, 2.75) is 17.1 Å². The van der Waals surface area contributed by atoms with Crippen LogP contribution in [-0.4, -0.2) is 37.2 Å². The van der Waals surface area contributed by atoms with Gasteiger partial charge in [0.15, 0.2) is 0 Å². The Labute approximate surface area is 263 Å². The normalized spacial score (nSPS) is 11.7. The zero-order chi connectivity index (χ0) is 31.6. The average molecular weight is 634 g/mol. The fourth-order valence-corrected chi connectivity index (χ4v) is 5.04. The van der Waals surface area contributed by atoms with Crippen molar-refractivity contribution in [3.8, 4) is 11.5 Å². The minimum Gasteiger partial charge on any atom is -0.497 e. The number of amides is 3. The molecule has 1 unspecified atom stereocenters. The first-order valence-corrected chi connectivity index (χ1v) is 14.6. The fourth-order valence-electron chi connectivity index (χ4n) is 3.95. The number of methoxy groups -OCH3 is 2. The first-order chi connectivity index (χ1) is 21.2. The van der Waals surface area contributed by atoms with E-state index in [1.165, 1.54) is 50.3 Å². The Morgan fingerprint density at radius 2 is 1.61 bits per heavy atom. The highest BCUT2D eigenvalue weighted by Crippen LogP contribution is 2.31. The lowest BCUT2D eigenvalue weighted by Crippen LogP contribution is -2.30. The molecule has 1 atom stereocenters. The molecule has 0 spiro atoms. The molecule has 0 saturated heterocycles. The molecule has 44 heavy (non-hydrogen) atoms. The second kappa shape index (κ2) is 15.1. The zero-order valence-corrected chi connectivity index (χ0v) is 25.6. The monoisotopic (exact) mass is 633 g/mol. The van der Waals surface area contributed by atoms with Gasteiger partial charge < -0.3 is 25.4 Å². The maximum Gasteiger partial charge on any atom is 0.272 e. The number of carbonyl (C=O) groups is 3. The second-order valence-electron chi connectivity index (χ2n) is 9.31. The van der Waals surface area contributed by atoms with E-state index >= 15 is 0 Å². The standard InChI is InChI=1S/C33H29ClFN3O5S/c1-20(31(39)37-28-18-23(42-2)14-17-30(28)43-3)44-24-15-12-22(13-16-24)36-33(41)29(19-25-26(34)10-7-11-27(25)35)38-32(40)21-8-5-4-6-9-21/h4-20H,1-3H3,(H,36,41)(H,37,39)(H,38,40)/b29-19-. The van der Waals surface area contributed by atoms with Crippen LogP contribution in [0.25, 0.3) is 6.08 Å². The second-order valence-corrected chi connectivity index (χ2v) is 11.1. The summed E-state index contributed by atoms with van der Waals surface area (Å²) in [5.74, 6) is -1.05. The Morgan fingerprint density at radius 3 is 2.27 bits per heavy atom. The van der Waals surface area contributed by atoms with Gasteiger partial charge in [0, 0.05) is 27.8 Å². The van der Waals surface area contributed by atoms with E-state index in [0.717, 1.165) is 4.90 Å². The predicted molar refractivity (Wildman–Crippen MR) is 172 cm³/mol. The summed E-state index contributed by atoms with van der Waals surface area (Å²) in [7, 11) is 3.05. The maximum atomic E-state index is 14.5. The number of benzene rings is 4. The van der Waals surface area contributed by atoms with Gasteiger partial charge in [-0.05, 0) is 73.7 Å². The summed E-state index contributed by atoms with van der Waals surface area (Å²) in [6, 6.07) is 24.4. The van der Waals surface area contributed by atoms with Crippen molar-refractivity contribution in [3.63, 3.8) is 0 Å². The van der Waals surface area contributed by atoms with E-state index in [0.29, 0.717) is 28.4 Å². The topological polar surface area (TPSA) is 106 Å². The number of anilines is 2. The molecular weight excluding hydrogens is 605 g/mol. The van der Waals surface area contributed by atoms with E-state index in [9.17, 15) is 18.8 Å². The lowest BCUT2D eigenvalue weighted by Gasteiger charge is -2.15. The first-order valence-electron chi connectivity index (χ1n) is 13.3. The highest BCUT2D eigenvalue weighted by molar-refractivity contribution is 8.00. The van der Waals surface area contributed by atoms with E-state index in [2.05, 4.69) is 16.0 Å². The van der Waals surface area contributed by atoms with Crippen molar-refractivity contribution in [2.24, 2.45) is 0 Å². The highest BCUT2D eigenvalue weighted by atomic mass is 35.5. The van der Waals surface area contributed by atoms with Crippen LogP contribution >= 0.6 is 23.4 Å². The first kappa shape index (κ1) is 32.1. The lowest BCUT2D eigenvalue weighted by molar-refractivity contribution is -0.115. The van der Waals surface area contributed by atoms with E-state index in [4.69, 9.17) is 21.1 Å². The van der Waals surface area contributed by atoms with Gasteiger partial charge in [-0.25, -0.2) is 4.39 Å².